The maximum absolute atomic E-state index is 11.7. The molecule has 4 nitrogen and oxygen atoms in total. The summed E-state index contributed by atoms with van der Waals surface area (Å²) in [7, 11) is 1.75. The van der Waals surface area contributed by atoms with Crippen molar-refractivity contribution in [2.45, 2.75) is 25.5 Å². The van der Waals surface area contributed by atoms with Crippen molar-refractivity contribution < 1.29 is 14.6 Å². The van der Waals surface area contributed by atoms with E-state index in [0.717, 1.165) is 5.56 Å². The molecule has 0 radical (unpaired) electrons. The molecule has 1 aliphatic rings. The molecule has 0 spiro atoms. The largest absolute Gasteiger partial charge is 0.336 e. The Hall–Kier alpha value is -1.39. The summed E-state index contributed by atoms with van der Waals surface area (Å²) in [6, 6.07) is 7.18. The summed E-state index contributed by atoms with van der Waals surface area (Å²) in [4.78, 5) is 22.1. The van der Waals surface area contributed by atoms with Gasteiger partial charge in [0.2, 0.25) is 0 Å². The maximum Gasteiger partial charge on any atom is 0.171 e. The van der Waals surface area contributed by atoms with Crippen LogP contribution in [0.3, 0.4) is 0 Å². The van der Waals surface area contributed by atoms with Gasteiger partial charge in [-0.15, -0.1) is 0 Å². The van der Waals surface area contributed by atoms with Gasteiger partial charge >= 0.3 is 0 Å². The normalized spacial score (nSPS) is 20.0. The average molecular weight is 221 g/mol. The Bertz CT molecular complexity index is 392. The van der Waals surface area contributed by atoms with Gasteiger partial charge in [0.1, 0.15) is 6.04 Å². The lowest BCUT2D eigenvalue weighted by molar-refractivity contribution is -0.229. The first kappa shape index (κ1) is 11.1. The van der Waals surface area contributed by atoms with Crippen LogP contribution in [0, 0.1) is 0 Å². The first-order valence-corrected chi connectivity index (χ1v) is 5.40. The van der Waals surface area contributed by atoms with Gasteiger partial charge in [-0.3, -0.25) is 4.79 Å². The van der Waals surface area contributed by atoms with E-state index < -0.39 is 0 Å². The highest BCUT2D eigenvalue weighted by atomic mass is 17.2. The van der Waals surface area contributed by atoms with Crippen molar-refractivity contribution in [1.82, 2.24) is 5.32 Å². The molecule has 0 aromatic heterocycles. The third-order valence-corrected chi connectivity index (χ3v) is 2.78. The molecule has 2 unspecified atom stereocenters. The molecule has 0 saturated heterocycles. The van der Waals surface area contributed by atoms with Crippen LogP contribution in [0.1, 0.15) is 25.0 Å². The zero-order chi connectivity index (χ0) is 11.5. The lowest BCUT2D eigenvalue weighted by Crippen LogP contribution is -2.39. The van der Waals surface area contributed by atoms with E-state index in [1.807, 2.05) is 31.2 Å². The van der Waals surface area contributed by atoms with Crippen LogP contribution < -0.4 is 10.2 Å². The Morgan fingerprint density at radius 1 is 1.50 bits per heavy atom. The summed E-state index contributed by atoms with van der Waals surface area (Å²) in [6.07, 6.45) is 0.127. The Balaban J connectivity index is 2.26. The molecule has 86 valence electrons. The van der Waals surface area contributed by atoms with Crippen LogP contribution in [0.5, 0.6) is 5.75 Å². The van der Waals surface area contributed by atoms with Crippen LogP contribution in [0.2, 0.25) is 0 Å². The lowest BCUT2D eigenvalue weighted by Gasteiger charge is -2.18. The van der Waals surface area contributed by atoms with Gasteiger partial charge in [0.25, 0.3) is 0 Å². The molecule has 1 aromatic rings. The molecular weight excluding hydrogens is 206 g/mol. The lowest BCUT2D eigenvalue weighted by atomic mass is 9.97. The van der Waals surface area contributed by atoms with Gasteiger partial charge < -0.3 is 10.2 Å². The average Bonchev–Trinajstić information content (AvgIpc) is 2.74. The van der Waals surface area contributed by atoms with E-state index in [4.69, 9.17) is 9.78 Å². The number of hydrogen-bond acceptors (Lipinski definition) is 4. The van der Waals surface area contributed by atoms with Crippen LogP contribution in [0.15, 0.2) is 24.3 Å². The number of ketones is 1. The molecule has 1 aliphatic heterocycles. The number of carbonyl (C=O) groups excluding carboxylic acids is 1. The number of rotatable bonds is 4. The number of Topliss-reactive ketones (excluding diaryl/α,β-unsaturated/α-hetero) is 1. The monoisotopic (exact) mass is 221 g/mol. The smallest absolute Gasteiger partial charge is 0.171 e. The van der Waals surface area contributed by atoms with E-state index in [-0.39, 0.29) is 17.9 Å². The number of nitrogens with one attached hydrogen (secondary N) is 1. The number of para-hydroxylation sites is 1. The van der Waals surface area contributed by atoms with Crippen LogP contribution in [-0.2, 0) is 9.68 Å². The fourth-order valence-corrected chi connectivity index (χ4v) is 1.88. The second kappa shape index (κ2) is 4.63. The number of fused-ring (bicyclic) bond motifs is 1. The molecule has 4 heteroatoms. The van der Waals surface area contributed by atoms with Gasteiger partial charge in [-0.1, -0.05) is 25.1 Å². The maximum atomic E-state index is 11.7. The van der Waals surface area contributed by atoms with Crippen molar-refractivity contribution in [2.75, 3.05) is 7.05 Å². The Kier molecular flexibility index (Phi) is 3.22. The molecule has 0 amide bonds. The summed E-state index contributed by atoms with van der Waals surface area (Å²) >= 11 is 0. The molecule has 0 saturated carbocycles. The molecule has 1 N–H and O–H groups in total. The highest BCUT2D eigenvalue weighted by molar-refractivity contribution is 5.84. The minimum atomic E-state index is -0.353. The fourth-order valence-electron chi connectivity index (χ4n) is 1.88. The summed E-state index contributed by atoms with van der Waals surface area (Å²) < 4.78 is 0. The number of likely N-dealkylation sites (N-methyl/N-ethyl adjacent to an activating group) is 1. The Labute approximate surface area is 94.5 Å². The van der Waals surface area contributed by atoms with Gasteiger partial charge in [-0.25, -0.2) is 0 Å². The summed E-state index contributed by atoms with van der Waals surface area (Å²) in [5.41, 5.74) is 0.920. The molecule has 1 aromatic carbocycles. The third kappa shape index (κ3) is 1.81. The molecule has 16 heavy (non-hydrogen) atoms. The van der Waals surface area contributed by atoms with Crippen molar-refractivity contribution in [3.8, 4) is 5.75 Å². The molecule has 1 heterocycles. The highest BCUT2D eigenvalue weighted by Gasteiger charge is 2.35. The predicted molar refractivity (Wildman–Crippen MR) is 59.0 cm³/mol. The van der Waals surface area contributed by atoms with E-state index in [1.54, 1.807) is 7.05 Å². The Morgan fingerprint density at radius 2 is 2.25 bits per heavy atom. The van der Waals surface area contributed by atoms with Crippen LogP contribution in [0.4, 0.5) is 0 Å². The van der Waals surface area contributed by atoms with Crippen molar-refractivity contribution in [3.05, 3.63) is 29.8 Å². The van der Waals surface area contributed by atoms with E-state index in [9.17, 15) is 4.79 Å². The molecule has 0 fully saturated rings. The minimum absolute atomic E-state index is 0.118. The van der Waals surface area contributed by atoms with Crippen LogP contribution in [-0.4, -0.2) is 18.9 Å². The minimum Gasteiger partial charge on any atom is -0.336 e. The van der Waals surface area contributed by atoms with Gasteiger partial charge in [0.15, 0.2) is 17.6 Å². The molecule has 0 bridgehead atoms. The highest BCUT2D eigenvalue weighted by Crippen LogP contribution is 2.36. The molecule has 2 rings (SSSR count). The van der Waals surface area contributed by atoms with E-state index in [2.05, 4.69) is 5.32 Å². The van der Waals surface area contributed by atoms with E-state index in [0.29, 0.717) is 12.2 Å². The standard InChI is InChI=1S/C12H15NO3/c1-3-9(14)11(13-2)12-8-6-4-5-7-10(8)15-16-12/h4-7,11-13H,3H2,1-2H3. The van der Waals surface area contributed by atoms with Gasteiger partial charge in [0.05, 0.1) is 0 Å². The predicted octanol–water partition coefficient (Wildman–Crippen LogP) is 1.62. The zero-order valence-corrected chi connectivity index (χ0v) is 9.40. The second-order valence-corrected chi connectivity index (χ2v) is 3.72. The summed E-state index contributed by atoms with van der Waals surface area (Å²) in [6.45, 7) is 1.84. The van der Waals surface area contributed by atoms with Crippen LogP contribution in [0.25, 0.3) is 0 Å². The van der Waals surface area contributed by atoms with E-state index >= 15 is 0 Å². The second-order valence-electron chi connectivity index (χ2n) is 3.72. The van der Waals surface area contributed by atoms with E-state index in [1.165, 1.54) is 0 Å². The first-order chi connectivity index (χ1) is 7.77. The van der Waals surface area contributed by atoms with Gasteiger partial charge in [-0.2, -0.15) is 4.89 Å². The summed E-state index contributed by atoms with van der Waals surface area (Å²) in [5, 5.41) is 2.98. The topological polar surface area (TPSA) is 47.6 Å². The fraction of sp³-hybridized carbons (Fsp3) is 0.417. The SMILES string of the molecule is CCC(=O)C(NC)C1OOc2ccccc21. The molecule has 0 aliphatic carbocycles. The molecule has 2 atom stereocenters. The number of benzene rings is 1. The first-order valence-electron chi connectivity index (χ1n) is 5.40. The van der Waals surface area contributed by atoms with Crippen molar-refractivity contribution in [3.63, 3.8) is 0 Å². The van der Waals surface area contributed by atoms with Crippen molar-refractivity contribution in [2.24, 2.45) is 0 Å². The van der Waals surface area contributed by atoms with Gasteiger partial charge in [-0.05, 0) is 13.1 Å². The molecular formula is C12H15NO3. The van der Waals surface area contributed by atoms with Crippen molar-refractivity contribution in [1.29, 1.82) is 0 Å². The zero-order valence-electron chi connectivity index (χ0n) is 9.40. The third-order valence-electron chi connectivity index (χ3n) is 2.78. The Morgan fingerprint density at radius 3 is 2.94 bits per heavy atom. The van der Waals surface area contributed by atoms with Gasteiger partial charge in [0, 0.05) is 12.0 Å². The quantitative estimate of drug-likeness (QED) is 0.785. The summed E-state index contributed by atoms with van der Waals surface area (Å²) in [5.74, 6) is 0.810. The number of hydrogen-bond donors (Lipinski definition) is 1. The van der Waals surface area contributed by atoms with Crippen molar-refractivity contribution >= 4 is 5.78 Å². The number of carbonyl (C=O) groups is 1. The van der Waals surface area contributed by atoms with Crippen LogP contribution >= 0.6 is 0 Å².